The van der Waals surface area contributed by atoms with Crippen LogP contribution in [0.3, 0.4) is 0 Å². The van der Waals surface area contributed by atoms with Crippen LogP contribution in [0.15, 0.2) is 18.2 Å². The molecular weight excluding hydrogens is 264 g/mol. The molecule has 1 rings (SSSR count). The minimum atomic E-state index is -0.780. The minimum Gasteiger partial charge on any atom is -0.464 e. The molecule has 1 aromatic rings. The fourth-order valence-electron chi connectivity index (χ4n) is 1.61. The number of carbonyl (C=O) groups excluding carboxylic acids is 2. The first kappa shape index (κ1) is 15.6. The van der Waals surface area contributed by atoms with E-state index in [1.54, 1.807) is 13.8 Å². The molecule has 0 saturated carbocycles. The van der Waals surface area contributed by atoms with Gasteiger partial charge in [0.15, 0.2) is 0 Å². The van der Waals surface area contributed by atoms with Crippen molar-refractivity contribution in [2.75, 3.05) is 6.61 Å². The van der Waals surface area contributed by atoms with E-state index in [1.165, 1.54) is 25.1 Å². The summed E-state index contributed by atoms with van der Waals surface area (Å²) in [5.74, 6) is -1.01. The fourth-order valence-corrected chi connectivity index (χ4v) is 1.61. The number of aryl methyl sites for hydroxylation is 1. The number of nitrogens with zero attached hydrogens (tertiary/aromatic N) is 1. The maximum absolute atomic E-state index is 11.9. The molecule has 0 spiro atoms. The summed E-state index contributed by atoms with van der Waals surface area (Å²) in [6, 6.07) is 3.24. The first-order chi connectivity index (χ1) is 9.36. The van der Waals surface area contributed by atoms with Gasteiger partial charge in [-0.2, -0.15) is 0 Å². The number of rotatable bonds is 5. The number of benzene rings is 1. The van der Waals surface area contributed by atoms with Crippen LogP contribution in [0.2, 0.25) is 0 Å². The maximum Gasteiger partial charge on any atom is 0.328 e. The van der Waals surface area contributed by atoms with Gasteiger partial charge in [0.2, 0.25) is 0 Å². The molecular formula is C13H16N2O5. The van der Waals surface area contributed by atoms with E-state index in [0.717, 1.165) is 0 Å². The van der Waals surface area contributed by atoms with Gasteiger partial charge in [0.1, 0.15) is 6.04 Å². The van der Waals surface area contributed by atoms with Gasteiger partial charge in [-0.05, 0) is 32.9 Å². The molecule has 20 heavy (non-hydrogen) atoms. The number of nitro groups is 1. The standard InChI is InChI=1S/C13H16N2O5/c1-4-20-13(17)9(3)14-12(16)10-5-6-11(15(18)19)8(2)7-10/h5-7,9H,4H2,1-3H3,(H,14,16). The molecule has 0 heterocycles. The zero-order valence-corrected chi connectivity index (χ0v) is 11.5. The van der Waals surface area contributed by atoms with E-state index in [4.69, 9.17) is 4.74 Å². The number of ether oxygens (including phenoxy) is 1. The molecule has 1 atom stereocenters. The Balaban J connectivity index is 2.81. The summed E-state index contributed by atoms with van der Waals surface area (Å²) in [4.78, 5) is 33.5. The van der Waals surface area contributed by atoms with E-state index in [9.17, 15) is 19.7 Å². The van der Waals surface area contributed by atoms with Crippen molar-refractivity contribution in [2.45, 2.75) is 26.8 Å². The van der Waals surface area contributed by atoms with Gasteiger partial charge in [-0.3, -0.25) is 14.9 Å². The molecule has 0 aromatic heterocycles. The zero-order chi connectivity index (χ0) is 15.3. The zero-order valence-electron chi connectivity index (χ0n) is 11.5. The molecule has 0 aliphatic rings. The second kappa shape index (κ2) is 6.65. The van der Waals surface area contributed by atoms with Crippen LogP contribution in [-0.4, -0.2) is 29.4 Å². The second-order valence-electron chi connectivity index (χ2n) is 4.21. The minimum absolute atomic E-state index is 0.0556. The number of hydrogen-bond acceptors (Lipinski definition) is 5. The summed E-state index contributed by atoms with van der Waals surface area (Å²) in [5.41, 5.74) is 0.579. The van der Waals surface area contributed by atoms with Crippen LogP contribution in [-0.2, 0) is 9.53 Å². The third kappa shape index (κ3) is 3.78. The molecule has 1 amide bonds. The van der Waals surface area contributed by atoms with Crippen molar-refractivity contribution in [3.63, 3.8) is 0 Å². The Hall–Kier alpha value is -2.44. The van der Waals surface area contributed by atoms with E-state index >= 15 is 0 Å². The molecule has 0 radical (unpaired) electrons. The van der Waals surface area contributed by atoms with Gasteiger partial charge >= 0.3 is 5.97 Å². The molecule has 0 saturated heterocycles. The normalized spacial score (nSPS) is 11.6. The lowest BCUT2D eigenvalue weighted by Gasteiger charge is -2.12. The average Bonchev–Trinajstić information content (AvgIpc) is 2.38. The molecule has 0 aliphatic heterocycles. The number of nitrogens with one attached hydrogen (secondary N) is 1. The summed E-state index contributed by atoms with van der Waals surface area (Å²) in [6.45, 7) is 4.96. The Labute approximate surface area is 116 Å². The van der Waals surface area contributed by atoms with Crippen LogP contribution in [0.5, 0.6) is 0 Å². The summed E-state index contributed by atoms with van der Waals surface area (Å²) >= 11 is 0. The van der Waals surface area contributed by atoms with Crippen molar-refractivity contribution < 1.29 is 19.2 Å². The van der Waals surface area contributed by atoms with Crippen molar-refractivity contribution in [3.8, 4) is 0 Å². The quantitative estimate of drug-likeness (QED) is 0.501. The largest absolute Gasteiger partial charge is 0.464 e. The Morgan fingerprint density at radius 3 is 2.60 bits per heavy atom. The van der Waals surface area contributed by atoms with E-state index in [-0.39, 0.29) is 17.9 Å². The van der Waals surface area contributed by atoms with Gasteiger partial charge < -0.3 is 10.1 Å². The monoisotopic (exact) mass is 280 g/mol. The lowest BCUT2D eigenvalue weighted by Crippen LogP contribution is -2.39. The predicted octanol–water partition coefficient (Wildman–Crippen LogP) is 1.58. The number of esters is 1. The average molecular weight is 280 g/mol. The molecule has 0 bridgehead atoms. The first-order valence-corrected chi connectivity index (χ1v) is 6.09. The smallest absolute Gasteiger partial charge is 0.328 e. The van der Waals surface area contributed by atoms with Crippen LogP contribution in [0.1, 0.15) is 29.8 Å². The predicted molar refractivity (Wildman–Crippen MR) is 71.4 cm³/mol. The molecule has 0 fully saturated rings. The maximum atomic E-state index is 11.9. The van der Waals surface area contributed by atoms with Gasteiger partial charge in [0, 0.05) is 17.2 Å². The molecule has 108 valence electrons. The van der Waals surface area contributed by atoms with Crippen molar-refractivity contribution in [2.24, 2.45) is 0 Å². The number of amides is 1. The van der Waals surface area contributed by atoms with Gasteiger partial charge in [0.05, 0.1) is 11.5 Å². The number of nitro benzene ring substituents is 1. The molecule has 1 aromatic carbocycles. The molecule has 1 unspecified atom stereocenters. The van der Waals surface area contributed by atoms with Crippen LogP contribution in [0, 0.1) is 17.0 Å². The first-order valence-electron chi connectivity index (χ1n) is 6.09. The topological polar surface area (TPSA) is 98.5 Å². The summed E-state index contributed by atoms with van der Waals surface area (Å²) in [5, 5.41) is 13.2. The van der Waals surface area contributed by atoms with Crippen molar-refractivity contribution in [3.05, 3.63) is 39.4 Å². The lowest BCUT2D eigenvalue weighted by molar-refractivity contribution is -0.385. The highest BCUT2D eigenvalue weighted by molar-refractivity contribution is 5.97. The van der Waals surface area contributed by atoms with Crippen LogP contribution in [0.4, 0.5) is 5.69 Å². The molecule has 0 aliphatic carbocycles. The van der Waals surface area contributed by atoms with Gasteiger partial charge in [-0.15, -0.1) is 0 Å². The third-order valence-corrected chi connectivity index (χ3v) is 2.64. The summed E-state index contributed by atoms with van der Waals surface area (Å²) < 4.78 is 4.77. The Bertz CT molecular complexity index is 542. The third-order valence-electron chi connectivity index (χ3n) is 2.64. The number of hydrogen-bond donors (Lipinski definition) is 1. The van der Waals surface area contributed by atoms with Crippen LogP contribution >= 0.6 is 0 Å². The molecule has 7 heteroatoms. The van der Waals surface area contributed by atoms with Gasteiger partial charge in [-0.25, -0.2) is 4.79 Å². The highest BCUT2D eigenvalue weighted by Crippen LogP contribution is 2.18. The van der Waals surface area contributed by atoms with Crippen molar-refractivity contribution >= 4 is 17.6 Å². The Kier molecular flexibility index (Phi) is 5.19. The molecule has 7 nitrogen and oxygen atoms in total. The summed E-state index contributed by atoms with van der Waals surface area (Å²) in [7, 11) is 0. The van der Waals surface area contributed by atoms with Gasteiger partial charge in [-0.1, -0.05) is 0 Å². The molecule has 1 N–H and O–H groups in total. The Morgan fingerprint density at radius 2 is 2.10 bits per heavy atom. The highest BCUT2D eigenvalue weighted by atomic mass is 16.6. The van der Waals surface area contributed by atoms with Crippen LogP contribution in [0.25, 0.3) is 0 Å². The summed E-state index contributed by atoms with van der Waals surface area (Å²) in [6.07, 6.45) is 0. The number of carbonyl (C=O) groups is 2. The van der Waals surface area contributed by atoms with Crippen molar-refractivity contribution in [1.29, 1.82) is 0 Å². The fraction of sp³-hybridized carbons (Fsp3) is 0.385. The van der Waals surface area contributed by atoms with E-state index in [1.807, 2.05) is 0 Å². The van der Waals surface area contributed by atoms with Gasteiger partial charge in [0.25, 0.3) is 11.6 Å². The van der Waals surface area contributed by atoms with E-state index in [0.29, 0.717) is 5.56 Å². The Morgan fingerprint density at radius 1 is 1.45 bits per heavy atom. The van der Waals surface area contributed by atoms with Crippen LogP contribution < -0.4 is 5.32 Å². The van der Waals surface area contributed by atoms with E-state index in [2.05, 4.69) is 5.32 Å². The second-order valence-corrected chi connectivity index (χ2v) is 4.21. The van der Waals surface area contributed by atoms with E-state index < -0.39 is 22.8 Å². The SMILES string of the molecule is CCOC(=O)C(C)NC(=O)c1ccc([N+](=O)[O-])c(C)c1. The van der Waals surface area contributed by atoms with Crippen molar-refractivity contribution in [1.82, 2.24) is 5.32 Å². The highest BCUT2D eigenvalue weighted by Gasteiger charge is 2.19. The lowest BCUT2D eigenvalue weighted by atomic mass is 10.1.